The maximum absolute atomic E-state index is 12.8. The van der Waals surface area contributed by atoms with Crippen molar-refractivity contribution in [2.75, 3.05) is 0 Å². The second-order valence-corrected chi connectivity index (χ2v) is 7.17. The fraction of sp³-hybridized carbons (Fsp3) is 0.500. The van der Waals surface area contributed by atoms with Gasteiger partial charge in [-0.15, -0.1) is 0 Å². The Morgan fingerprint density at radius 2 is 2.04 bits per heavy atom. The van der Waals surface area contributed by atoms with Crippen molar-refractivity contribution in [3.8, 4) is 5.69 Å². The molecule has 1 N–H and O–H groups in total. The molecule has 4 heteroatoms. The number of carbonyl (C=O) groups excluding carboxylic acids is 1. The molecule has 4 nitrogen and oxygen atoms in total. The van der Waals surface area contributed by atoms with Gasteiger partial charge in [-0.05, 0) is 50.2 Å². The van der Waals surface area contributed by atoms with E-state index in [-0.39, 0.29) is 5.91 Å². The summed E-state index contributed by atoms with van der Waals surface area (Å²) in [5, 5.41) is 8.00. The molecule has 0 unspecified atom stereocenters. The standard InChI is InChI=1S/C20H27N3O/c1-5-17-19(20(24)21-15-10-11-15)16(12-13(2)3)22-23(17)18-9-7-6-8-14(18)4/h6-9,13,15H,5,10-12H2,1-4H3,(H,21,24). The van der Waals surface area contributed by atoms with Crippen LogP contribution in [0.5, 0.6) is 0 Å². The van der Waals surface area contributed by atoms with Gasteiger partial charge < -0.3 is 5.32 Å². The third kappa shape index (κ3) is 3.37. The van der Waals surface area contributed by atoms with E-state index in [9.17, 15) is 4.79 Å². The van der Waals surface area contributed by atoms with Crippen LogP contribution in [-0.2, 0) is 12.8 Å². The van der Waals surface area contributed by atoms with Gasteiger partial charge in [0.05, 0.1) is 22.6 Å². The van der Waals surface area contributed by atoms with Crippen LogP contribution in [-0.4, -0.2) is 21.7 Å². The van der Waals surface area contributed by atoms with Gasteiger partial charge >= 0.3 is 0 Å². The molecule has 0 bridgehead atoms. The highest BCUT2D eigenvalue weighted by Crippen LogP contribution is 2.26. The summed E-state index contributed by atoms with van der Waals surface area (Å²) in [5.41, 5.74) is 4.95. The monoisotopic (exact) mass is 325 g/mol. The van der Waals surface area contributed by atoms with Crippen LogP contribution in [0, 0.1) is 12.8 Å². The molecule has 1 aliphatic carbocycles. The quantitative estimate of drug-likeness (QED) is 0.877. The average molecular weight is 325 g/mol. The molecule has 0 aliphatic heterocycles. The predicted molar refractivity (Wildman–Crippen MR) is 96.7 cm³/mol. The Balaban J connectivity index is 2.10. The molecular weight excluding hydrogens is 298 g/mol. The summed E-state index contributed by atoms with van der Waals surface area (Å²) in [4.78, 5) is 12.8. The first-order valence-electron chi connectivity index (χ1n) is 8.98. The van der Waals surface area contributed by atoms with Crippen molar-refractivity contribution in [2.45, 2.75) is 59.4 Å². The van der Waals surface area contributed by atoms with E-state index in [0.29, 0.717) is 12.0 Å². The van der Waals surface area contributed by atoms with Gasteiger partial charge in [0.25, 0.3) is 5.91 Å². The summed E-state index contributed by atoms with van der Waals surface area (Å²) >= 11 is 0. The molecule has 1 saturated carbocycles. The molecule has 1 fully saturated rings. The second-order valence-electron chi connectivity index (χ2n) is 7.17. The van der Waals surface area contributed by atoms with E-state index >= 15 is 0 Å². The third-order valence-electron chi connectivity index (χ3n) is 4.47. The lowest BCUT2D eigenvalue weighted by Gasteiger charge is -2.10. The molecule has 0 radical (unpaired) electrons. The van der Waals surface area contributed by atoms with Gasteiger partial charge in [0.15, 0.2) is 0 Å². The second kappa shape index (κ2) is 6.80. The lowest BCUT2D eigenvalue weighted by molar-refractivity contribution is 0.0949. The molecule has 2 aromatic rings. The zero-order valence-corrected chi connectivity index (χ0v) is 15.1. The maximum atomic E-state index is 12.8. The van der Waals surface area contributed by atoms with E-state index < -0.39 is 0 Å². The predicted octanol–water partition coefficient (Wildman–Crippen LogP) is 3.83. The molecule has 3 rings (SSSR count). The van der Waals surface area contributed by atoms with Gasteiger partial charge in [0, 0.05) is 6.04 Å². The SMILES string of the molecule is CCc1c(C(=O)NC2CC2)c(CC(C)C)nn1-c1ccccc1C. The van der Waals surface area contributed by atoms with Gasteiger partial charge in [-0.25, -0.2) is 4.68 Å². The van der Waals surface area contributed by atoms with E-state index in [1.165, 1.54) is 5.56 Å². The normalized spacial score (nSPS) is 14.2. The number of aryl methyl sites for hydroxylation is 1. The van der Waals surface area contributed by atoms with Crippen LogP contribution in [0.15, 0.2) is 24.3 Å². The fourth-order valence-electron chi connectivity index (χ4n) is 3.11. The number of amides is 1. The first-order chi connectivity index (χ1) is 11.5. The summed E-state index contributed by atoms with van der Waals surface area (Å²) in [6.07, 6.45) is 3.80. The highest BCUT2D eigenvalue weighted by molar-refractivity contribution is 5.97. The highest BCUT2D eigenvalue weighted by Gasteiger charge is 2.29. The first kappa shape index (κ1) is 16.7. The van der Waals surface area contributed by atoms with E-state index in [4.69, 9.17) is 5.10 Å². The Morgan fingerprint density at radius 3 is 2.62 bits per heavy atom. The largest absolute Gasteiger partial charge is 0.349 e. The Labute approximate surface area is 144 Å². The topological polar surface area (TPSA) is 46.9 Å². The van der Waals surface area contributed by atoms with E-state index in [2.05, 4.69) is 45.1 Å². The Morgan fingerprint density at radius 1 is 1.33 bits per heavy atom. The van der Waals surface area contributed by atoms with Gasteiger partial charge in [0.1, 0.15) is 0 Å². The van der Waals surface area contributed by atoms with Crippen LogP contribution in [0.3, 0.4) is 0 Å². The van der Waals surface area contributed by atoms with Gasteiger partial charge in [-0.2, -0.15) is 5.10 Å². The summed E-state index contributed by atoms with van der Waals surface area (Å²) in [6.45, 7) is 8.52. The fourth-order valence-corrected chi connectivity index (χ4v) is 3.11. The molecule has 0 atom stereocenters. The first-order valence-corrected chi connectivity index (χ1v) is 8.98. The van der Waals surface area contributed by atoms with Crippen molar-refractivity contribution < 1.29 is 4.79 Å². The minimum Gasteiger partial charge on any atom is -0.349 e. The van der Waals surface area contributed by atoms with Crippen LogP contribution in [0.4, 0.5) is 0 Å². The van der Waals surface area contributed by atoms with Gasteiger partial charge in [0.2, 0.25) is 0 Å². The summed E-state index contributed by atoms with van der Waals surface area (Å²) in [5.74, 6) is 0.507. The molecule has 0 spiro atoms. The Kier molecular flexibility index (Phi) is 4.74. The molecule has 24 heavy (non-hydrogen) atoms. The van der Waals surface area contributed by atoms with Crippen LogP contribution < -0.4 is 5.32 Å². The van der Waals surface area contributed by atoms with Crippen molar-refractivity contribution in [3.05, 3.63) is 46.8 Å². The molecular formula is C20H27N3O. The lowest BCUT2D eigenvalue weighted by atomic mass is 10.0. The lowest BCUT2D eigenvalue weighted by Crippen LogP contribution is -2.27. The van der Waals surface area contributed by atoms with E-state index in [1.807, 2.05) is 16.8 Å². The van der Waals surface area contributed by atoms with Crippen LogP contribution in [0.2, 0.25) is 0 Å². The van der Waals surface area contributed by atoms with Crippen molar-refractivity contribution >= 4 is 5.91 Å². The number of hydrogen-bond donors (Lipinski definition) is 1. The molecule has 128 valence electrons. The Hall–Kier alpha value is -2.10. The third-order valence-corrected chi connectivity index (χ3v) is 4.47. The van der Waals surface area contributed by atoms with Crippen molar-refractivity contribution in [3.63, 3.8) is 0 Å². The zero-order chi connectivity index (χ0) is 17.3. The van der Waals surface area contributed by atoms with E-state index in [1.54, 1.807) is 0 Å². The number of rotatable bonds is 6. The summed E-state index contributed by atoms with van der Waals surface area (Å²) < 4.78 is 1.98. The molecule has 0 saturated heterocycles. The zero-order valence-electron chi connectivity index (χ0n) is 15.1. The number of nitrogens with one attached hydrogen (secondary N) is 1. The van der Waals surface area contributed by atoms with Crippen LogP contribution in [0.1, 0.15) is 60.9 Å². The van der Waals surface area contributed by atoms with Crippen LogP contribution in [0.25, 0.3) is 5.69 Å². The summed E-state index contributed by atoms with van der Waals surface area (Å²) in [6, 6.07) is 8.57. The smallest absolute Gasteiger partial charge is 0.255 e. The van der Waals surface area contributed by atoms with Crippen LogP contribution >= 0.6 is 0 Å². The van der Waals surface area contributed by atoms with Crippen molar-refractivity contribution in [1.82, 2.24) is 15.1 Å². The molecule has 1 amide bonds. The number of nitrogens with zero attached hydrogens (tertiary/aromatic N) is 2. The summed E-state index contributed by atoms with van der Waals surface area (Å²) in [7, 11) is 0. The maximum Gasteiger partial charge on any atom is 0.255 e. The molecule has 1 aromatic carbocycles. The van der Waals surface area contributed by atoms with E-state index in [0.717, 1.165) is 48.3 Å². The number of para-hydroxylation sites is 1. The van der Waals surface area contributed by atoms with Gasteiger partial charge in [-0.1, -0.05) is 39.0 Å². The van der Waals surface area contributed by atoms with Crippen molar-refractivity contribution in [1.29, 1.82) is 0 Å². The highest BCUT2D eigenvalue weighted by atomic mass is 16.1. The Bertz CT molecular complexity index is 741. The number of benzene rings is 1. The van der Waals surface area contributed by atoms with Crippen molar-refractivity contribution in [2.24, 2.45) is 5.92 Å². The molecule has 1 aromatic heterocycles. The molecule has 1 aliphatic rings. The minimum atomic E-state index is 0.0461. The molecule has 1 heterocycles. The number of aromatic nitrogens is 2. The van der Waals surface area contributed by atoms with Gasteiger partial charge in [-0.3, -0.25) is 4.79 Å². The average Bonchev–Trinajstić information content (AvgIpc) is 3.27. The number of carbonyl (C=O) groups is 1. The number of hydrogen-bond acceptors (Lipinski definition) is 2. The minimum absolute atomic E-state index is 0.0461.